The van der Waals surface area contributed by atoms with E-state index in [1.54, 1.807) is 0 Å². The maximum Gasteiger partial charge on any atom is 0.277 e. The summed E-state index contributed by atoms with van der Waals surface area (Å²) in [5, 5.41) is 8.05. The monoisotopic (exact) mass is 382 g/mol. The van der Waals surface area contributed by atoms with Gasteiger partial charge in [-0.1, -0.05) is 47.2 Å². The second-order valence-electron chi connectivity index (χ2n) is 6.51. The molecule has 140 valence electrons. The van der Waals surface area contributed by atoms with Gasteiger partial charge < -0.3 is 9.15 Å². The van der Waals surface area contributed by atoms with E-state index in [9.17, 15) is 4.79 Å². The van der Waals surface area contributed by atoms with Crippen LogP contribution in [0.25, 0.3) is 0 Å². The lowest BCUT2D eigenvalue weighted by Crippen LogP contribution is -2.15. The van der Waals surface area contributed by atoms with Crippen LogP contribution in [-0.4, -0.2) is 21.2 Å². The maximum absolute atomic E-state index is 12.7. The molecule has 0 saturated carbocycles. The van der Waals surface area contributed by atoms with Crippen LogP contribution in [0.15, 0.2) is 52.1 Å². The van der Waals surface area contributed by atoms with Crippen LogP contribution in [-0.2, 0) is 6.61 Å². The average Bonchev–Trinajstić information content (AvgIpc) is 3.10. The molecule has 0 saturated heterocycles. The Hall–Kier alpha value is -2.60. The molecular formula is C21H22N2O3S. The standard InChI is InChI=1S/C21H22N2O3S/c1-13-6-9-17(10-7-13)25-12-19-22-23-21(26-19)27-16(4)20(24)18-11-14(2)5-8-15(18)3/h5-11,16H,12H2,1-4H3. The third kappa shape index (κ3) is 4.98. The zero-order valence-corrected chi connectivity index (χ0v) is 16.7. The van der Waals surface area contributed by atoms with Gasteiger partial charge in [-0.15, -0.1) is 10.2 Å². The number of rotatable bonds is 7. The number of thioether (sulfide) groups is 1. The molecule has 3 aromatic rings. The van der Waals surface area contributed by atoms with Gasteiger partial charge in [0.2, 0.25) is 0 Å². The first-order valence-corrected chi connectivity index (χ1v) is 9.60. The van der Waals surface area contributed by atoms with Crippen molar-refractivity contribution in [1.82, 2.24) is 10.2 Å². The summed E-state index contributed by atoms with van der Waals surface area (Å²) >= 11 is 1.26. The molecule has 2 aromatic carbocycles. The molecule has 0 bridgehead atoms. The lowest BCUT2D eigenvalue weighted by molar-refractivity contribution is 0.0993. The molecule has 0 amide bonds. The Morgan fingerprint density at radius 2 is 1.78 bits per heavy atom. The molecule has 0 radical (unpaired) electrons. The van der Waals surface area contributed by atoms with E-state index in [1.165, 1.54) is 17.3 Å². The number of hydrogen-bond acceptors (Lipinski definition) is 6. The van der Waals surface area contributed by atoms with Crippen LogP contribution >= 0.6 is 11.8 Å². The van der Waals surface area contributed by atoms with Crippen molar-refractivity contribution >= 4 is 17.5 Å². The molecule has 1 aromatic heterocycles. The number of carbonyl (C=O) groups is 1. The molecule has 0 N–H and O–H groups in total. The lowest BCUT2D eigenvalue weighted by Gasteiger charge is -2.10. The molecular weight excluding hydrogens is 360 g/mol. The van der Waals surface area contributed by atoms with Crippen LogP contribution in [0.4, 0.5) is 0 Å². The predicted molar refractivity (Wildman–Crippen MR) is 105 cm³/mol. The maximum atomic E-state index is 12.7. The normalized spacial score (nSPS) is 12.0. The Bertz CT molecular complexity index is 935. The van der Waals surface area contributed by atoms with Crippen LogP contribution in [0, 0.1) is 20.8 Å². The van der Waals surface area contributed by atoms with Gasteiger partial charge in [0, 0.05) is 5.56 Å². The van der Waals surface area contributed by atoms with Crippen molar-refractivity contribution in [3.63, 3.8) is 0 Å². The summed E-state index contributed by atoms with van der Waals surface area (Å²) in [4.78, 5) is 12.7. The molecule has 6 heteroatoms. The summed E-state index contributed by atoms with van der Waals surface area (Å²) in [6, 6.07) is 13.6. The van der Waals surface area contributed by atoms with Gasteiger partial charge >= 0.3 is 0 Å². The zero-order chi connectivity index (χ0) is 19.4. The van der Waals surface area contributed by atoms with E-state index in [-0.39, 0.29) is 17.6 Å². The zero-order valence-electron chi connectivity index (χ0n) is 15.9. The largest absolute Gasteiger partial charge is 0.484 e. The van der Waals surface area contributed by atoms with Crippen LogP contribution in [0.5, 0.6) is 5.75 Å². The van der Waals surface area contributed by atoms with Gasteiger partial charge in [-0.05, 0) is 51.5 Å². The number of nitrogens with zero attached hydrogens (tertiary/aromatic N) is 2. The van der Waals surface area contributed by atoms with Gasteiger partial charge in [0.1, 0.15) is 5.75 Å². The van der Waals surface area contributed by atoms with Crippen molar-refractivity contribution in [2.24, 2.45) is 0 Å². The Kier molecular flexibility index (Phi) is 5.96. The minimum Gasteiger partial charge on any atom is -0.484 e. The van der Waals surface area contributed by atoms with Gasteiger partial charge in [-0.2, -0.15) is 0 Å². The second-order valence-corrected chi connectivity index (χ2v) is 7.80. The van der Waals surface area contributed by atoms with Crippen molar-refractivity contribution in [1.29, 1.82) is 0 Å². The van der Waals surface area contributed by atoms with Gasteiger partial charge in [-0.25, -0.2) is 0 Å². The Morgan fingerprint density at radius 3 is 2.52 bits per heavy atom. The van der Waals surface area contributed by atoms with Gasteiger partial charge in [0.15, 0.2) is 12.4 Å². The molecule has 0 fully saturated rings. The third-order valence-corrected chi connectivity index (χ3v) is 5.07. The van der Waals surface area contributed by atoms with E-state index in [4.69, 9.17) is 9.15 Å². The van der Waals surface area contributed by atoms with Crippen LogP contribution in [0.1, 0.15) is 39.9 Å². The van der Waals surface area contributed by atoms with E-state index in [0.717, 1.165) is 22.4 Å². The summed E-state index contributed by atoms with van der Waals surface area (Å²) in [6.45, 7) is 7.98. The van der Waals surface area contributed by atoms with Crippen molar-refractivity contribution in [3.8, 4) is 5.75 Å². The van der Waals surface area contributed by atoms with E-state index in [0.29, 0.717) is 11.1 Å². The highest BCUT2D eigenvalue weighted by molar-refractivity contribution is 8.00. The Labute approximate surface area is 163 Å². The number of carbonyl (C=O) groups excluding carboxylic acids is 1. The van der Waals surface area contributed by atoms with Crippen LogP contribution < -0.4 is 4.74 Å². The molecule has 5 nitrogen and oxygen atoms in total. The minimum absolute atomic E-state index is 0.0526. The first-order chi connectivity index (χ1) is 12.9. The number of aryl methyl sites for hydroxylation is 3. The minimum atomic E-state index is -0.322. The summed E-state index contributed by atoms with van der Waals surface area (Å²) in [7, 11) is 0. The van der Waals surface area contributed by atoms with E-state index < -0.39 is 0 Å². The number of Topliss-reactive ketones (excluding diaryl/α,β-unsaturated/α-hetero) is 1. The average molecular weight is 382 g/mol. The number of ketones is 1. The highest BCUT2D eigenvalue weighted by Crippen LogP contribution is 2.26. The molecule has 1 heterocycles. The van der Waals surface area contributed by atoms with Gasteiger partial charge in [0.05, 0.1) is 5.25 Å². The van der Waals surface area contributed by atoms with Gasteiger partial charge in [-0.3, -0.25) is 4.79 Å². The van der Waals surface area contributed by atoms with E-state index in [2.05, 4.69) is 10.2 Å². The highest BCUT2D eigenvalue weighted by Gasteiger charge is 2.21. The fourth-order valence-corrected chi connectivity index (χ4v) is 3.32. The molecule has 0 aliphatic heterocycles. The summed E-state index contributed by atoms with van der Waals surface area (Å²) in [5.41, 5.74) is 3.93. The predicted octanol–water partition coefficient (Wildman–Crippen LogP) is 4.94. The molecule has 0 spiro atoms. The lowest BCUT2D eigenvalue weighted by atomic mass is 10.0. The number of aromatic nitrogens is 2. The fraction of sp³-hybridized carbons (Fsp3) is 0.286. The van der Waals surface area contributed by atoms with E-state index >= 15 is 0 Å². The highest BCUT2D eigenvalue weighted by atomic mass is 32.2. The van der Waals surface area contributed by atoms with Crippen LogP contribution in [0.3, 0.4) is 0 Å². The SMILES string of the molecule is Cc1ccc(OCc2nnc(SC(C)C(=O)c3cc(C)ccc3C)o2)cc1. The molecule has 0 aliphatic rings. The van der Waals surface area contributed by atoms with E-state index in [1.807, 2.05) is 70.2 Å². The van der Waals surface area contributed by atoms with Crippen LogP contribution in [0.2, 0.25) is 0 Å². The fourth-order valence-electron chi connectivity index (χ4n) is 2.55. The first kappa shape index (κ1) is 19.2. The molecule has 0 aliphatic carbocycles. The first-order valence-electron chi connectivity index (χ1n) is 8.72. The van der Waals surface area contributed by atoms with Crippen molar-refractivity contribution in [2.75, 3.05) is 0 Å². The Morgan fingerprint density at radius 1 is 1.07 bits per heavy atom. The smallest absolute Gasteiger partial charge is 0.277 e. The summed E-state index contributed by atoms with van der Waals surface area (Å²) in [5.74, 6) is 1.17. The van der Waals surface area contributed by atoms with Crippen molar-refractivity contribution in [2.45, 2.75) is 44.8 Å². The summed E-state index contributed by atoms with van der Waals surface area (Å²) < 4.78 is 11.2. The quantitative estimate of drug-likeness (QED) is 0.426. The molecule has 1 atom stereocenters. The number of ether oxygens (including phenoxy) is 1. The second kappa shape index (κ2) is 8.39. The molecule has 3 rings (SSSR count). The van der Waals surface area contributed by atoms with Gasteiger partial charge in [0.25, 0.3) is 11.1 Å². The molecule has 27 heavy (non-hydrogen) atoms. The third-order valence-electron chi connectivity index (χ3n) is 4.14. The van der Waals surface area contributed by atoms with Crippen molar-refractivity contribution < 1.29 is 13.9 Å². The number of benzene rings is 2. The summed E-state index contributed by atoms with van der Waals surface area (Å²) in [6.07, 6.45) is 0. The Balaban J connectivity index is 1.60. The molecule has 1 unspecified atom stereocenters. The topological polar surface area (TPSA) is 65.2 Å². The van der Waals surface area contributed by atoms with Crippen molar-refractivity contribution in [3.05, 3.63) is 70.6 Å². The number of hydrogen-bond donors (Lipinski definition) is 0.